The van der Waals surface area contributed by atoms with E-state index in [0.29, 0.717) is 12.5 Å². The molecule has 0 heterocycles. The second-order valence-corrected chi connectivity index (χ2v) is 4.68. The summed E-state index contributed by atoms with van der Waals surface area (Å²) < 4.78 is 5.42. The molecule has 0 amide bonds. The lowest BCUT2D eigenvalue weighted by Gasteiger charge is -2.18. The minimum Gasteiger partial charge on any atom is -0.367 e. The number of rotatable bonds is 6. The summed E-state index contributed by atoms with van der Waals surface area (Å²) in [6, 6.07) is 0. The average molecular weight is 211 g/mol. The molecule has 0 rings (SSSR count). The summed E-state index contributed by atoms with van der Waals surface area (Å²) in [6.07, 6.45) is 0. The van der Waals surface area contributed by atoms with Crippen LogP contribution in [0.2, 0.25) is 0 Å². The molecule has 2 heteroatoms. The molecule has 2 nitrogen and oxygen atoms in total. The molecule has 0 saturated carbocycles. The van der Waals surface area contributed by atoms with Crippen LogP contribution in [0.5, 0.6) is 0 Å². The molecule has 0 saturated heterocycles. The van der Waals surface area contributed by atoms with Crippen LogP contribution in [-0.4, -0.2) is 38.3 Å². The van der Waals surface area contributed by atoms with Crippen LogP contribution in [0.3, 0.4) is 0 Å². The maximum atomic E-state index is 5.42. The zero-order valence-electron chi connectivity index (χ0n) is 10.8. The summed E-state index contributed by atoms with van der Waals surface area (Å²) in [5.41, 5.74) is 0. The summed E-state index contributed by atoms with van der Waals surface area (Å²) in [7, 11) is 2.13. The second kappa shape index (κ2) is 8.76. The fraction of sp³-hybridized carbons (Fsp3) is 0.846. The van der Waals surface area contributed by atoms with E-state index in [1.165, 1.54) is 0 Å². The summed E-state index contributed by atoms with van der Waals surface area (Å²) in [5.74, 6) is 7.25. The Labute approximate surface area is 95.0 Å². The first-order valence-electron chi connectivity index (χ1n) is 5.77. The molecule has 0 N–H and O–H groups in total. The maximum Gasteiger partial charge on any atom is 0.107 e. The largest absolute Gasteiger partial charge is 0.367 e. The van der Waals surface area contributed by atoms with Crippen molar-refractivity contribution in [2.75, 3.05) is 33.4 Å². The van der Waals surface area contributed by atoms with Gasteiger partial charge < -0.3 is 9.64 Å². The Bertz CT molecular complexity index is 200. The first-order valence-corrected chi connectivity index (χ1v) is 5.77. The molecular formula is C13H25NO. The van der Waals surface area contributed by atoms with Gasteiger partial charge in [-0.3, -0.25) is 0 Å². The molecule has 0 aliphatic heterocycles. The quantitative estimate of drug-likeness (QED) is 0.493. The molecule has 0 aliphatic rings. The predicted octanol–water partition coefficient (Wildman–Crippen LogP) is 2.25. The maximum absolute atomic E-state index is 5.42. The minimum atomic E-state index is 0.442. The van der Waals surface area contributed by atoms with Crippen LogP contribution in [0.25, 0.3) is 0 Å². The lowest BCUT2D eigenvalue weighted by atomic mass is 10.2. The molecular weight excluding hydrogens is 186 g/mol. The third-order valence-electron chi connectivity index (χ3n) is 1.86. The standard InChI is InChI=1S/C13H25NO/c1-12(2)7-6-9-15-10-8-14(5)11-13(3)4/h12-13H,8-11H2,1-5H3. The zero-order chi connectivity index (χ0) is 11.7. The molecule has 15 heavy (non-hydrogen) atoms. The number of hydrogen-bond donors (Lipinski definition) is 0. The molecule has 0 atom stereocenters. The van der Waals surface area contributed by atoms with Crippen LogP contribution in [0.15, 0.2) is 0 Å². The molecule has 88 valence electrons. The summed E-state index contributed by atoms with van der Waals surface area (Å²) in [4.78, 5) is 2.29. The Morgan fingerprint density at radius 2 is 1.87 bits per heavy atom. The summed E-state index contributed by atoms with van der Waals surface area (Å²) >= 11 is 0. The second-order valence-electron chi connectivity index (χ2n) is 4.68. The van der Waals surface area contributed by atoms with Crippen molar-refractivity contribution in [2.24, 2.45) is 11.8 Å². The van der Waals surface area contributed by atoms with Crippen LogP contribution in [0, 0.1) is 23.7 Å². The van der Waals surface area contributed by atoms with E-state index in [9.17, 15) is 0 Å². The Balaban J connectivity index is 3.36. The highest BCUT2D eigenvalue weighted by molar-refractivity contribution is 5.01. The highest BCUT2D eigenvalue weighted by Gasteiger charge is 2.00. The van der Waals surface area contributed by atoms with Crippen molar-refractivity contribution < 1.29 is 4.74 Å². The Kier molecular flexibility index (Phi) is 8.46. The SMILES string of the molecule is CC(C)C#CCOCCN(C)CC(C)C. The number of ether oxygens (including phenoxy) is 1. The Morgan fingerprint density at radius 1 is 1.20 bits per heavy atom. The van der Waals surface area contributed by atoms with E-state index in [1.54, 1.807) is 0 Å². The molecule has 0 aromatic rings. The van der Waals surface area contributed by atoms with Crippen molar-refractivity contribution >= 4 is 0 Å². The van der Waals surface area contributed by atoms with Gasteiger partial charge >= 0.3 is 0 Å². The van der Waals surface area contributed by atoms with Gasteiger partial charge in [0.1, 0.15) is 6.61 Å². The zero-order valence-corrected chi connectivity index (χ0v) is 10.8. The third kappa shape index (κ3) is 11.4. The summed E-state index contributed by atoms with van der Waals surface area (Å²) in [5, 5.41) is 0. The van der Waals surface area contributed by atoms with E-state index >= 15 is 0 Å². The van der Waals surface area contributed by atoms with Gasteiger partial charge in [-0.15, -0.1) is 0 Å². The van der Waals surface area contributed by atoms with Gasteiger partial charge in [0.25, 0.3) is 0 Å². The van der Waals surface area contributed by atoms with Crippen molar-refractivity contribution in [3.63, 3.8) is 0 Å². The molecule has 0 aromatic carbocycles. The van der Waals surface area contributed by atoms with Crippen LogP contribution in [0.1, 0.15) is 27.7 Å². The molecule has 0 radical (unpaired) electrons. The van der Waals surface area contributed by atoms with E-state index in [2.05, 4.69) is 51.5 Å². The van der Waals surface area contributed by atoms with Gasteiger partial charge in [0, 0.05) is 19.0 Å². The molecule has 0 spiro atoms. The smallest absolute Gasteiger partial charge is 0.107 e. The molecule has 0 unspecified atom stereocenters. The molecule has 0 bridgehead atoms. The van der Waals surface area contributed by atoms with Crippen molar-refractivity contribution in [3.05, 3.63) is 0 Å². The van der Waals surface area contributed by atoms with Gasteiger partial charge in [-0.2, -0.15) is 0 Å². The number of likely N-dealkylation sites (N-methyl/N-ethyl adjacent to an activating group) is 1. The number of hydrogen-bond acceptors (Lipinski definition) is 2. The lowest BCUT2D eigenvalue weighted by molar-refractivity contribution is 0.133. The van der Waals surface area contributed by atoms with Crippen LogP contribution >= 0.6 is 0 Å². The minimum absolute atomic E-state index is 0.442. The van der Waals surface area contributed by atoms with Gasteiger partial charge in [0.2, 0.25) is 0 Å². The fourth-order valence-corrected chi connectivity index (χ4v) is 1.30. The van der Waals surface area contributed by atoms with E-state index in [-0.39, 0.29) is 0 Å². The van der Waals surface area contributed by atoms with Crippen molar-refractivity contribution in [1.29, 1.82) is 0 Å². The van der Waals surface area contributed by atoms with Gasteiger partial charge in [0.05, 0.1) is 6.61 Å². The number of nitrogens with zero attached hydrogens (tertiary/aromatic N) is 1. The van der Waals surface area contributed by atoms with Crippen LogP contribution < -0.4 is 0 Å². The first-order chi connectivity index (χ1) is 7.02. The van der Waals surface area contributed by atoms with Gasteiger partial charge in [-0.05, 0) is 13.0 Å². The van der Waals surface area contributed by atoms with E-state index in [0.717, 1.165) is 25.6 Å². The van der Waals surface area contributed by atoms with Crippen LogP contribution in [0.4, 0.5) is 0 Å². The topological polar surface area (TPSA) is 12.5 Å². The Hall–Kier alpha value is -0.520. The predicted molar refractivity (Wildman–Crippen MR) is 65.8 cm³/mol. The van der Waals surface area contributed by atoms with Gasteiger partial charge in [-0.25, -0.2) is 0 Å². The van der Waals surface area contributed by atoms with Gasteiger partial charge in [0.15, 0.2) is 0 Å². The normalized spacial score (nSPS) is 10.9. The highest BCUT2D eigenvalue weighted by atomic mass is 16.5. The summed E-state index contributed by atoms with van der Waals surface area (Å²) in [6.45, 7) is 12.1. The van der Waals surface area contributed by atoms with E-state index in [4.69, 9.17) is 4.74 Å². The lowest BCUT2D eigenvalue weighted by Crippen LogP contribution is -2.27. The molecule has 0 aliphatic carbocycles. The van der Waals surface area contributed by atoms with Crippen molar-refractivity contribution in [3.8, 4) is 11.8 Å². The average Bonchev–Trinajstić information content (AvgIpc) is 2.09. The fourth-order valence-electron chi connectivity index (χ4n) is 1.30. The van der Waals surface area contributed by atoms with E-state index in [1.807, 2.05) is 0 Å². The molecule has 0 fully saturated rings. The van der Waals surface area contributed by atoms with E-state index < -0.39 is 0 Å². The third-order valence-corrected chi connectivity index (χ3v) is 1.86. The monoisotopic (exact) mass is 211 g/mol. The Morgan fingerprint density at radius 3 is 2.40 bits per heavy atom. The first kappa shape index (κ1) is 14.5. The van der Waals surface area contributed by atoms with Crippen molar-refractivity contribution in [1.82, 2.24) is 4.90 Å². The van der Waals surface area contributed by atoms with Gasteiger partial charge in [-0.1, -0.05) is 39.5 Å². The van der Waals surface area contributed by atoms with Crippen molar-refractivity contribution in [2.45, 2.75) is 27.7 Å². The molecule has 0 aromatic heterocycles. The van der Waals surface area contributed by atoms with Crippen LogP contribution in [-0.2, 0) is 4.74 Å². The highest BCUT2D eigenvalue weighted by Crippen LogP contribution is 1.94.